The fourth-order valence-electron chi connectivity index (χ4n) is 2.76. The van der Waals surface area contributed by atoms with E-state index in [0.717, 1.165) is 10.0 Å². The van der Waals surface area contributed by atoms with Gasteiger partial charge in [-0.25, -0.2) is 4.39 Å². The predicted molar refractivity (Wildman–Crippen MR) is 94.4 cm³/mol. The molecule has 1 fully saturated rings. The van der Waals surface area contributed by atoms with E-state index in [2.05, 4.69) is 21.2 Å². The van der Waals surface area contributed by atoms with Crippen LogP contribution in [0.2, 0.25) is 0 Å². The van der Waals surface area contributed by atoms with E-state index in [1.165, 1.54) is 11.0 Å². The van der Waals surface area contributed by atoms with Crippen molar-refractivity contribution in [1.29, 1.82) is 0 Å². The first kappa shape index (κ1) is 16.6. The topological polar surface area (TPSA) is 49.4 Å². The van der Waals surface area contributed by atoms with Crippen LogP contribution >= 0.6 is 15.9 Å². The molecule has 24 heavy (non-hydrogen) atoms. The number of benzene rings is 2. The number of hydrogen-bond donors (Lipinski definition) is 1. The minimum Gasteiger partial charge on any atom is -0.326 e. The molecule has 1 N–H and O–H groups in total. The molecule has 6 heteroatoms. The highest BCUT2D eigenvalue weighted by molar-refractivity contribution is 9.10. The SMILES string of the molecule is Cc1ccc(N2CC(C(=O)Nc3cccc(Br)c3)CC2=O)c(F)c1. The highest BCUT2D eigenvalue weighted by atomic mass is 79.9. The van der Waals surface area contributed by atoms with Crippen molar-refractivity contribution in [3.8, 4) is 0 Å². The first-order chi connectivity index (χ1) is 11.4. The van der Waals surface area contributed by atoms with Crippen LogP contribution in [0.1, 0.15) is 12.0 Å². The summed E-state index contributed by atoms with van der Waals surface area (Å²) < 4.78 is 14.9. The van der Waals surface area contributed by atoms with Gasteiger partial charge in [-0.05, 0) is 42.8 Å². The Kier molecular flexibility index (Phi) is 4.66. The van der Waals surface area contributed by atoms with Crippen molar-refractivity contribution in [2.45, 2.75) is 13.3 Å². The second-order valence-electron chi connectivity index (χ2n) is 5.86. The Balaban J connectivity index is 1.73. The first-order valence-electron chi connectivity index (χ1n) is 7.57. The van der Waals surface area contributed by atoms with Crippen LogP contribution in [0, 0.1) is 18.7 Å². The maximum absolute atomic E-state index is 14.1. The molecule has 2 aromatic carbocycles. The largest absolute Gasteiger partial charge is 0.326 e. The molecule has 1 aliphatic rings. The van der Waals surface area contributed by atoms with Crippen LogP contribution in [-0.4, -0.2) is 18.4 Å². The lowest BCUT2D eigenvalue weighted by Crippen LogP contribution is -2.28. The zero-order valence-corrected chi connectivity index (χ0v) is 14.6. The normalized spacial score (nSPS) is 17.2. The average molecular weight is 391 g/mol. The van der Waals surface area contributed by atoms with Gasteiger partial charge in [0.15, 0.2) is 0 Å². The number of hydrogen-bond acceptors (Lipinski definition) is 2. The Morgan fingerprint density at radius 1 is 1.29 bits per heavy atom. The number of rotatable bonds is 3. The summed E-state index contributed by atoms with van der Waals surface area (Å²) in [6.45, 7) is 1.96. The van der Waals surface area contributed by atoms with Crippen molar-refractivity contribution in [2.75, 3.05) is 16.8 Å². The number of nitrogens with zero attached hydrogens (tertiary/aromatic N) is 1. The van der Waals surface area contributed by atoms with E-state index in [0.29, 0.717) is 5.69 Å². The number of anilines is 2. The molecule has 124 valence electrons. The summed E-state index contributed by atoms with van der Waals surface area (Å²) >= 11 is 3.34. The molecule has 3 rings (SSSR count). The second-order valence-corrected chi connectivity index (χ2v) is 6.78. The van der Waals surface area contributed by atoms with Crippen LogP contribution in [0.5, 0.6) is 0 Å². The third kappa shape index (κ3) is 3.48. The third-order valence-corrected chi connectivity index (χ3v) is 4.48. The molecule has 0 spiro atoms. The van der Waals surface area contributed by atoms with E-state index in [-0.39, 0.29) is 30.5 Å². The van der Waals surface area contributed by atoms with Gasteiger partial charge in [-0.2, -0.15) is 0 Å². The number of halogens is 2. The number of carbonyl (C=O) groups excluding carboxylic acids is 2. The maximum Gasteiger partial charge on any atom is 0.229 e. The summed E-state index contributed by atoms with van der Waals surface area (Å²) in [5.74, 6) is -1.43. The van der Waals surface area contributed by atoms with Crippen LogP contribution in [0.25, 0.3) is 0 Å². The lowest BCUT2D eigenvalue weighted by atomic mass is 10.1. The lowest BCUT2D eigenvalue weighted by Gasteiger charge is -2.17. The van der Waals surface area contributed by atoms with Gasteiger partial charge in [0.2, 0.25) is 11.8 Å². The summed E-state index contributed by atoms with van der Waals surface area (Å²) in [5, 5.41) is 2.80. The van der Waals surface area contributed by atoms with Crippen molar-refractivity contribution in [1.82, 2.24) is 0 Å². The molecule has 1 heterocycles. The molecule has 0 radical (unpaired) electrons. The molecule has 1 unspecified atom stereocenters. The van der Waals surface area contributed by atoms with E-state index in [1.807, 2.05) is 12.1 Å². The lowest BCUT2D eigenvalue weighted by molar-refractivity contribution is -0.122. The molecule has 1 aliphatic heterocycles. The summed E-state index contributed by atoms with van der Waals surface area (Å²) in [7, 11) is 0. The van der Waals surface area contributed by atoms with Crippen molar-refractivity contribution in [3.63, 3.8) is 0 Å². The monoisotopic (exact) mass is 390 g/mol. The molecule has 1 saturated heterocycles. The molecular weight excluding hydrogens is 375 g/mol. The van der Waals surface area contributed by atoms with Crippen molar-refractivity contribution < 1.29 is 14.0 Å². The molecule has 2 amide bonds. The summed E-state index contributed by atoms with van der Waals surface area (Å²) in [5.41, 5.74) is 1.66. The van der Waals surface area contributed by atoms with Gasteiger partial charge >= 0.3 is 0 Å². The third-order valence-electron chi connectivity index (χ3n) is 3.98. The van der Waals surface area contributed by atoms with Gasteiger partial charge in [-0.3, -0.25) is 9.59 Å². The highest BCUT2D eigenvalue weighted by Gasteiger charge is 2.36. The number of aryl methyl sites for hydroxylation is 1. The van der Waals surface area contributed by atoms with Gasteiger partial charge in [0, 0.05) is 23.1 Å². The Bertz CT molecular complexity index is 809. The van der Waals surface area contributed by atoms with Gasteiger partial charge in [-0.15, -0.1) is 0 Å². The minimum absolute atomic E-state index is 0.0765. The molecule has 0 bridgehead atoms. The van der Waals surface area contributed by atoms with Crippen LogP contribution in [0.4, 0.5) is 15.8 Å². The van der Waals surface area contributed by atoms with Gasteiger partial charge in [0.25, 0.3) is 0 Å². The van der Waals surface area contributed by atoms with Crippen LogP contribution in [0.15, 0.2) is 46.9 Å². The Morgan fingerprint density at radius 3 is 2.79 bits per heavy atom. The van der Waals surface area contributed by atoms with Crippen molar-refractivity contribution >= 4 is 39.1 Å². The van der Waals surface area contributed by atoms with Crippen molar-refractivity contribution in [2.24, 2.45) is 5.92 Å². The molecular formula is C18H16BrFN2O2. The van der Waals surface area contributed by atoms with E-state index in [4.69, 9.17) is 0 Å². The van der Waals surface area contributed by atoms with E-state index < -0.39 is 11.7 Å². The molecule has 0 saturated carbocycles. The van der Waals surface area contributed by atoms with Gasteiger partial charge in [0.1, 0.15) is 5.82 Å². The smallest absolute Gasteiger partial charge is 0.229 e. The number of carbonyl (C=O) groups is 2. The minimum atomic E-state index is -0.503. The quantitative estimate of drug-likeness (QED) is 0.863. The number of amides is 2. The van der Waals surface area contributed by atoms with Gasteiger partial charge in [0.05, 0.1) is 11.6 Å². The van der Waals surface area contributed by atoms with E-state index in [9.17, 15) is 14.0 Å². The predicted octanol–water partition coefficient (Wildman–Crippen LogP) is 3.89. The molecule has 2 aromatic rings. The summed E-state index contributed by atoms with van der Waals surface area (Å²) in [6.07, 6.45) is 0.0765. The Labute approximate surface area is 147 Å². The zero-order chi connectivity index (χ0) is 17.3. The van der Waals surface area contributed by atoms with Crippen LogP contribution in [-0.2, 0) is 9.59 Å². The molecule has 4 nitrogen and oxygen atoms in total. The molecule has 0 aromatic heterocycles. The molecule has 0 aliphatic carbocycles. The second kappa shape index (κ2) is 6.73. The fraction of sp³-hybridized carbons (Fsp3) is 0.222. The van der Waals surface area contributed by atoms with Crippen LogP contribution < -0.4 is 10.2 Å². The summed E-state index contributed by atoms with van der Waals surface area (Å²) in [4.78, 5) is 25.9. The highest BCUT2D eigenvalue weighted by Crippen LogP contribution is 2.29. The Hall–Kier alpha value is -2.21. The average Bonchev–Trinajstić information content (AvgIpc) is 2.89. The number of nitrogens with one attached hydrogen (secondary N) is 1. The van der Waals surface area contributed by atoms with Crippen LogP contribution in [0.3, 0.4) is 0 Å². The fourth-order valence-corrected chi connectivity index (χ4v) is 3.16. The molecule has 1 atom stereocenters. The van der Waals surface area contributed by atoms with E-state index in [1.54, 1.807) is 31.2 Å². The standard InChI is InChI=1S/C18H16BrFN2O2/c1-11-5-6-16(15(20)7-11)22-10-12(8-17(22)23)18(24)21-14-4-2-3-13(19)9-14/h2-7,9,12H,8,10H2,1H3,(H,21,24). The first-order valence-corrected chi connectivity index (χ1v) is 8.36. The van der Waals surface area contributed by atoms with Crippen molar-refractivity contribution in [3.05, 3.63) is 58.3 Å². The van der Waals surface area contributed by atoms with E-state index >= 15 is 0 Å². The Morgan fingerprint density at radius 2 is 2.08 bits per heavy atom. The summed E-state index contributed by atoms with van der Waals surface area (Å²) in [6, 6.07) is 11.9. The van der Waals surface area contributed by atoms with Gasteiger partial charge < -0.3 is 10.2 Å². The maximum atomic E-state index is 14.1. The zero-order valence-electron chi connectivity index (χ0n) is 13.1. The van der Waals surface area contributed by atoms with Gasteiger partial charge in [-0.1, -0.05) is 28.1 Å².